The third-order valence-corrected chi connectivity index (χ3v) is 3.00. The number of likely N-dealkylation sites (tertiary alicyclic amines) is 1. The summed E-state index contributed by atoms with van der Waals surface area (Å²) in [4.78, 5) is 24.5. The zero-order chi connectivity index (χ0) is 12.7. The van der Waals surface area contributed by atoms with E-state index in [1.807, 2.05) is 0 Å². The summed E-state index contributed by atoms with van der Waals surface area (Å²) in [6.07, 6.45) is 2.54. The first kappa shape index (κ1) is 14.3. The van der Waals surface area contributed by atoms with Crippen LogP contribution in [0.5, 0.6) is 0 Å². The first-order chi connectivity index (χ1) is 8.11. The van der Waals surface area contributed by atoms with Crippen LogP contribution in [0.4, 0.5) is 4.79 Å². The monoisotopic (exact) mass is 261 g/mol. The summed E-state index contributed by atoms with van der Waals surface area (Å²) >= 11 is 5.27. The van der Waals surface area contributed by atoms with E-state index < -0.39 is 11.9 Å². The van der Waals surface area contributed by atoms with Gasteiger partial charge >= 0.3 is 6.03 Å². The lowest BCUT2D eigenvalue weighted by atomic mass is 10.1. The molecule has 1 atom stereocenters. The molecule has 0 aromatic heterocycles. The molecule has 1 saturated heterocycles. The Bertz CT molecular complexity index is 267. The van der Waals surface area contributed by atoms with Crippen LogP contribution in [0.25, 0.3) is 0 Å². The van der Waals surface area contributed by atoms with E-state index in [1.165, 1.54) is 12.8 Å². The lowest BCUT2D eigenvalue weighted by Gasteiger charge is -2.20. The normalized spacial score (nSPS) is 17.8. The minimum Gasteiger partial charge on any atom is -0.337 e. The molecule has 1 unspecified atom stereocenters. The van der Waals surface area contributed by atoms with Gasteiger partial charge in [-0.1, -0.05) is 6.92 Å². The Morgan fingerprint density at radius 1 is 1.35 bits per heavy atom. The molecule has 0 spiro atoms. The van der Waals surface area contributed by atoms with Gasteiger partial charge in [-0.15, -0.1) is 11.6 Å². The van der Waals surface area contributed by atoms with Crippen LogP contribution in [0.15, 0.2) is 0 Å². The highest BCUT2D eigenvalue weighted by atomic mass is 35.5. The molecule has 1 fully saturated rings. The molecule has 0 radical (unpaired) electrons. The van der Waals surface area contributed by atoms with Gasteiger partial charge in [0.05, 0.1) is 0 Å². The van der Waals surface area contributed by atoms with Crippen molar-refractivity contribution in [2.75, 3.05) is 32.1 Å². The molecule has 3 amide bonds. The lowest BCUT2D eigenvalue weighted by Crippen LogP contribution is -2.43. The van der Waals surface area contributed by atoms with Crippen LogP contribution in [-0.2, 0) is 4.79 Å². The first-order valence-electron chi connectivity index (χ1n) is 5.98. The number of halogens is 1. The molecule has 0 bridgehead atoms. The smallest absolute Gasteiger partial charge is 0.321 e. The second kappa shape index (κ2) is 7.50. The number of carbonyl (C=O) groups excluding carboxylic acids is 2. The number of rotatable bonds is 5. The van der Waals surface area contributed by atoms with Crippen molar-refractivity contribution in [2.24, 2.45) is 5.92 Å². The maximum Gasteiger partial charge on any atom is 0.321 e. The van der Waals surface area contributed by atoms with Crippen LogP contribution in [0.1, 0.15) is 19.8 Å². The highest BCUT2D eigenvalue weighted by molar-refractivity contribution is 6.28. The number of alkyl halides is 1. The topological polar surface area (TPSA) is 61.4 Å². The van der Waals surface area contributed by atoms with E-state index in [2.05, 4.69) is 22.5 Å². The van der Waals surface area contributed by atoms with Crippen LogP contribution < -0.4 is 10.6 Å². The van der Waals surface area contributed by atoms with Gasteiger partial charge < -0.3 is 10.2 Å². The number of imide groups is 1. The molecule has 5 nitrogen and oxygen atoms in total. The third kappa shape index (κ3) is 5.89. The van der Waals surface area contributed by atoms with E-state index in [4.69, 9.17) is 11.6 Å². The molecule has 6 heteroatoms. The molecule has 1 aliphatic rings. The van der Waals surface area contributed by atoms with E-state index in [-0.39, 0.29) is 5.88 Å². The number of carbonyl (C=O) groups is 2. The summed E-state index contributed by atoms with van der Waals surface area (Å²) in [7, 11) is 0. The molecule has 1 heterocycles. The molecule has 0 aliphatic carbocycles. The van der Waals surface area contributed by atoms with Crippen LogP contribution in [0, 0.1) is 5.92 Å². The zero-order valence-electron chi connectivity index (χ0n) is 10.2. The third-order valence-electron chi connectivity index (χ3n) is 2.75. The average Bonchev–Trinajstić information content (AvgIpc) is 2.79. The molecule has 1 aliphatic heterocycles. The summed E-state index contributed by atoms with van der Waals surface area (Å²) in [6.45, 7) is 5.95. The van der Waals surface area contributed by atoms with Gasteiger partial charge in [-0.05, 0) is 31.8 Å². The second-order valence-electron chi connectivity index (χ2n) is 4.50. The number of urea groups is 1. The number of nitrogens with zero attached hydrogens (tertiary/aromatic N) is 1. The van der Waals surface area contributed by atoms with E-state index in [1.54, 1.807) is 0 Å². The standard InChI is InChI=1S/C11H20ClN3O2/c1-9(8-15-4-2-3-5-15)7-13-11(17)14-10(16)6-12/h9H,2-8H2,1H3,(H2,13,14,16,17). The predicted octanol–water partition coefficient (Wildman–Crippen LogP) is 0.783. The van der Waals surface area contributed by atoms with Crippen molar-refractivity contribution in [3.63, 3.8) is 0 Å². The van der Waals surface area contributed by atoms with Gasteiger partial charge in [0, 0.05) is 13.1 Å². The van der Waals surface area contributed by atoms with Crippen molar-refractivity contribution in [3.8, 4) is 0 Å². The number of hydrogen-bond donors (Lipinski definition) is 2. The van der Waals surface area contributed by atoms with Crippen molar-refractivity contribution in [1.29, 1.82) is 0 Å². The van der Waals surface area contributed by atoms with Crippen LogP contribution in [0.3, 0.4) is 0 Å². The molecule has 0 saturated carbocycles. The Labute approximate surface area is 107 Å². The molecule has 1 rings (SSSR count). The van der Waals surface area contributed by atoms with Gasteiger partial charge in [0.15, 0.2) is 0 Å². The van der Waals surface area contributed by atoms with E-state index >= 15 is 0 Å². The average molecular weight is 262 g/mol. The zero-order valence-corrected chi connectivity index (χ0v) is 10.9. The Morgan fingerprint density at radius 3 is 2.59 bits per heavy atom. The lowest BCUT2D eigenvalue weighted by molar-refractivity contribution is -0.117. The van der Waals surface area contributed by atoms with Crippen molar-refractivity contribution in [3.05, 3.63) is 0 Å². The van der Waals surface area contributed by atoms with Gasteiger partial charge in [-0.3, -0.25) is 10.1 Å². The molecular formula is C11H20ClN3O2. The Balaban J connectivity index is 2.11. The molecule has 17 heavy (non-hydrogen) atoms. The molecule has 0 aromatic carbocycles. The van der Waals surface area contributed by atoms with E-state index in [0.717, 1.165) is 19.6 Å². The van der Waals surface area contributed by atoms with Gasteiger partial charge in [0.25, 0.3) is 0 Å². The van der Waals surface area contributed by atoms with Gasteiger partial charge in [-0.25, -0.2) is 4.79 Å². The minimum atomic E-state index is -0.476. The number of amides is 3. The quantitative estimate of drug-likeness (QED) is 0.719. The van der Waals surface area contributed by atoms with Gasteiger partial charge in [-0.2, -0.15) is 0 Å². The van der Waals surface area contributed by atoms with Crippen molar-refractivity contribution >= 4 is 23.5 Å². The number of hydrogen-bond acceptors (Lipinski definition) is 3. The van der Waals surface area contributed by atoms with Crippen LogP contribution in [0.2, 0.25) is 0 Å². The number of nitrogens with one attached hydrogen (secondary N) is 2. The molecule has 98 valence electrons. The van der Waals surface area contributed by atoms with Crippen molar-refractivity contribution in [2.45, 2.75) is 19.8 Å². The van der Waals surface area contributed by atoms with Gasteiger partial charge in [0.1, 0.15) is 5.88 Å². The van der Waals surface area contributed by atoms with Gasteiger partial charge in [0.2, 0.25) is 5.91 Å². The summed E-state index contributed by atoms with van der Waals surface area (Å²) in [5.41, 5.74) is 0. The Kier molecular flexibility index (Phi) is 6.29. The highest BCUT2D eigenvalue weighted by Crippen LogP contribution is 2.09. The Hall–Kier alpha value is -0.810. The van der Waals surface area contributed by atoms with Crippen molar-refractivity contribution < 1.29 is 9.59 Å². The van der Waals surface area contributed by atoms with E-state index in [0.29, 0.717) is 12.5 Å². The summed E-state index contributed by atoms with van der Waals surface area (Å²) < 4.78 is 0. The second-order valence-corrected chi connectivity index (χ2v) is 4.77. The molecule has 2 N–H and O–H groups in total. The summed E-state index contributed by atoms with van der Waals surface area (Å²) in [6, 6.07) is -0.469. The summed E-state index contributed by atoms with van der Waals surface area (Å²) in [5.74, 6) is -0.294. The summed E-state index contributed by atoms with van der Waals surface area (Å²) in [5, 5.41) is 4.81. The van der Waals surface area contributed by atoms with Crippen molar-refractivity contribution in [1.82, 2.24) is 15.5 Å². The maximum atomic E-state index is 11.2. The fourth-order valence-electron chi connectivity index (χ4n) is 1.94. The van der Waals surface area contributed by atoms with E-state index in [9.17, 15) is 9.59 Å². The molecule has 0 aromatic rings. The minimum absolute atomic E-state index is 0.198. The maximum absolute atomic E-state index is 11.2. The highest BCUT2D eigenvalue weighted by Gasteiger charge is 2.15. The SMILES string of the molecule is CC(CNC(=O)NC(=O)CCl)CN1CCCC1. The molecular weight excluding hydrogens is 242 g/mol. The fraction of sp³-hybridized carbons (Fsp3) is 0.818. The Morgan fingerprint density at radius 2 is 2.00 bits per heavy atom. The first-order valence-corrected chi connectivity index (χ1v) is 6.51. The largest absolute Gasteiger partial charge is 0.337 e. The van der Waals surface area contributed by atoms with Crippen LogP contribution in [-0.4, -0.2) is 48.9 Å². The fourth-order valence-corrected chi connectivity index (χ4v) is 2.01. The van der Waals surface area contributed by atoms with Crippen LogP contribution >= 0.6 is 11.6 Å². The predicted molar refractivity (Wildman–Crippen MR) is 67.1 cm³/mol.